The molecule has 1 rings (SSSR count). The zero-order chi connectivity index (χ0) is 19.3. The minimum Gasteiger partial charge on any atom is -0.462 e. The Labute approximate surface area is 160 Å². The number of hydrogen-bond donors (Lipinski definition) is 0. The molecular formula is C22H40O4. The van der Waals surface area contributed by atoms with Gasteiger partial charge >= 0.3 is 11.9 Å². The highest BCUT2D eigenvalue weighted by Crippen LogP contribution is 2.31. The summed E-state index contributed by atoms with van der Waals surface area (Å²) in [4.78, 5) is 23.5. The second kappa shape index (κ2) is 13.2. The zero-order valence-electron chi connectivity index (χ0n) is 17.3. The second-order valence-electron chi connectivity index (χ2n) is 8.46. The Balaban J connectivity index is 1.90. The number of ether oxygens (including phenoxy) is 2. The van der Waals surface area contributed by atoms with E-state index < -0.39 is 17.5 Å². The van der Waals surface area contributed by atoms with E-state index in [9.17, 15) is 9.59 Å². The topological polar surface area (TPSA) is 52.6 Å². The van der Waals surface area contributed by atoms with Crippen LogP contribution in [0.1, 0.15) is 111 Å². The second-order valence-corrected chi connectivity index (χ2v) is 8.46. The van der Waals surface area contributed by atoms with E-state index in [4.69, 9.17) is 9.47 Å². The molecule has 1 aliphatic rings. The molecule has 152 valence electrons. The van der Waals surface area contributed by atoms with Crippen LogP contribution in [0.25, 0.3) is 0 Å². The van der Waals surface area contributed by atoms with Gasteiger partial charge in [-0.05, 0) is 6.42 Å². The predicted octanol–water partition coefficient (Wildman–Crippen LogP) is 5.96. The van der Waals surface area contributed by atoms with Crippen molar-refractivity contribution in [3.8, 4) is 0 Å². The molecule has 1 saturated heterocycles. The van der Waals surface area contributed by atoms with E-state index >= 15 is 0 Å². The van der Waals surface area contributed by atoms with Gasteiger partial charge in [-0.1, -0.05) is 97.8 Å². The largest absolute Gasteiger partial charge is 0.462 e. The standard InChI is InChI=1S/C22H40O4/c1-4-5-6-7-8-9-10-11-12-13-14-15-16-17-19(23)26-20-21(24)25-18-22(20,2)3/h20H,4-18H2,1-3H3/t20-/m0/s1. The lowest BCUT2D eigenvalue weighted by Gasteiger charge is -2.21. The molecule has 4 heteroatoms. The van der Waals surface area contributed by atoms with Crippen molar-refractivity contribution in [1.82, 2.24) is 0 Å². The zero-order valence-corrected chi connectivity index (χ0v) is 17.3. The van der Waals surface area contributed by atoms with E-state index in [1.54, 1.807) is 0 Å². The molecule has 0 aromatic rings. The molecule has 1 atom stereocenters. The van der Waals surface area contributed by atoms with Crippen molar-refractivity contribution in [2.24, 2.45) is 5.41 Å². The predicted molar refractivity (Wildman–Crippen MR) is 105 cm³/mol. The summed E-state index contributed by atoms with van der Waals surface area (Å²) < 4.78 is 10.3. The third kappa shape index (κ3) is 9.59. The molecule has 26 heavy (non-hydrogen) atoms. The molecule has 1 fully saturated rings. The van der Waals surface area contributed by atoms with E-state index in [1.165, 1.54) is 70.6 Å². The number of carbonyl (C=O) groups excluding carboxylic acids is 2. The molecule has 0 aliphatic carbocycles. The van der Waals surface area contributed by atoms with E-state index in [-0.39, 0.29) is 5.97 Å². The Morgan fingerprint density at radius 3 is 1.81 bits per heavy atom. The van der Waals surface area contributed by atoms with Gasteiger partial charge in [0.25, 0.3) is 0 Å². The van der Waals surface area contributed by atoms with Crippen LogP contribution < -0.4 is 0 Å². The molecule has 0 aromatic carbocycles. The summed E-state index contributed by atoms with van der Waals surface area (Å²) in [6.45, 7) is 6.36. The first-order valence-corrected chi connectivity index (χ1v) is 10.8. The number of esters is 2. The van der Waals surface area contributed by atoms with Gasteiger partial charge in [-0.3, -0.25) is 4.79 Å². The van der Waals surface area contributed by atoms with Gasteiger partial charge < -0.3 is 9.47 Å². The van der Waals surface area contributed by atoms with Crippen molar-refractivity contribution in [3.63, 3.8) is 0 Å². The molecule has 1 heterocycles. The van der Waals surface area contributed by atoms with Crippen molar-refractivity contribution in [2.75, 3.05) is 6.61 Å². The first-order valence-electron chi connectivity index (χ1n) is 10.8. The number of cyclic esters (lactones) is 1. The molecule has 0 aromatic heterocycles. The summed E-state index contributed by atoms with van der Waals surface area (Å²) in [5.74, 6) is -0.682. The van der Waals surface area contributed by atoms with Crippen LogP contribution in [0.4, 0.5) is 0 Å². The maximum absolute atomic E-state index is 11.9. The normalized spacial score (nSPS) is 18.7. The van der Waals surface area contributed by atoms with Crippen molar-refractivity contribution in [2.45, 2.75) is 117 Å². The van der Waals surface area contributed by atoms with Gasteiger partial charge in [0, 0.05) is 11.8 Å². The quantitative estimate of drug-likeness (QED) is 0.264. The van der Waals surface area contributed by atoms with Crippen molar-refractivity contribution >= 4 is 11.9 Å². The van der Waals surface area contributed by atoms with Gasteiger partial charge in [0.2, 0.25) is 6.10 Å². The van der Waals surface area contributed by atoms with Crippen LogP contribution in [0.15, 0.2) is 0 Å². The van der Waals surface area contributed by atoms with Crippen LogP contribution in [-0.2, 0) is 19.1 Å². The first kappa shape index (κ1) is 23.0. The third-order valence-corrected chi connectivity index (χ3v) is 5.24. The lowest BCUT2D eigenvalue weighted by atomic mass is 9.90. The number of unbranched alkanes of at least 4 members (excludes halogenated alkanes) is 12. The number of hydrogen-bond acceptors (Lipinski definition) is 4. The third-order valence-electron chi connectivity index (χ3n) is 5.24. The fourth-order valence-electron chi connectivity index (χ4n) is 3.41. The first-order chi connectivity index (χ1) is 12.5. The average molecular weight is 369 g/mol. The minimum atomic E-state index is -0.739. The van der Waals surface area contributed by atoms with Crippen molar-refractivity contribution < 1.29 is 19.1 Å². The smallest absolute Gasteiger partial charge is 0.348 e. The fraction of sp³-hybridized carbons (Fsp3) is 0.909. The monoisotopic (exact) mass is 368 g/mol. The van der Waals surface area contributed by atoms with E-state index in [1.807, 2.05) is 13.8 Å². The molecule has 0 spiro atoms. The SMILES string of the molecule is CCCCCCCCCCCCCCCC(=O)O[C@H]1C(=O)OCC1(C)C. The van der Waals surface area contributed by atoms with E-state index in [0.29, 0.717) is 13.0 Å². The van der Waals surface area contributed by atoms with Crippen molar-refractivity contribution in [3.05, 3.63) is 0 Å². The minimum absolute atomic E-state index is 0.273. The molecule has 0 amide bonds. The molecule has 0 saturated carbocycles. The Bertz CT molecular complexity index is 403. The van der Waals surface area contributed by atoms with Crippen molar-refractivity contribution in [1.29, 1.82) is 0 Å². The van der Waals surface area contributed by atoms with Gasteiger partial charge in [0.1, 0.15) is 6.61 Å². The van der Waals surface area contributed by atoms with Crippen LogP contribution in [0, 0.1) is 5.41 Å². The maximum Gasteiger partial charge on any atom is 0.348 e. The number of rotatable bonds is 15. The highest BCUT2D eigenvalue weighted by atomic mass is 16.6. The van der Waals surface area contributed by atoms with E-state index in [2.05, 4.69) is 6.92 Å². The molecule has 0 bridgehead atoms. The molecule has 4 nitrogen and oxygen atoms in total. The van der Waals surface area contributed by atoms with Crippen LogP contribution in [0.3, 0.4) is 0 Å². The van der Waals surface area contributed by atoms with Gasteiger partial charge in [0.05, 0.1) is 0 Å². The van der Waals surface area contributed by atoms with Gasteiger partial charge in [-0.2, -0.15) is 0 Å². The number of carbonyl (C=O) groups is 2. The molecular weight excluding hydrogens is 328 g/mol. The van der Waals surface area contributed by atoms with E-state index in [0.717, 1.165) is 12.8 Å². The summed E-state index contributed by atoms with van der Waals surface area (Å²) in [6, 6.07) is 0. The lowest BCUT2D eigenvalue weighted by molar-refractivity contribution is -0.163. The summed E-state index contributed by atoms with van der Waals surface area (Å²) in [5, 5.41) is 0. The summed E-state index contributed by atoms with van der Waals surface area (Å²) in [7, 11) is 0. The Morgan fingerprint density at radius 1 is 0.923 bits per heavy atom. The summed E-state index contributed by atoms with van der Waals surface area (Å²) in [6.07, 6.45) is 16.3. The fourth-order valence-corrected chi connectivity index (χ4v) is 3.41. The molecule has 1 aliphatic heterocycles. The van der Waals surface area contributed by atoms with Gasteiger partial charge in [-0.15, -0.1) is 0 Å². The molecule has 0 N–H and O–H groups in total. The summed E-state index contributed by atoms with van der Waals surface area (Å²) in [5.41, 5.74) is -0.414. The van der Waals surface area contributed by atoms with Crippen LogP contribution in [0.2, 0.25) is 0 Å². The lowest BCUT2D eigenvalue weighted by Crippen LogP contribution is -2.34. The van der Waals surface area contributed by atoms with Crippen LogP contribution in [0.5, 0.6) is 0 Å². The summed E-state index contributed by atoms with van der Waals surface area (Å²) >= 11 is 0. The van der Waals surface area contributed by atoms with Crippen LogP contribution >= 0.6 is 0 Å². The highest BCUT2D eigenvalue weighted by Gasteiger charge is 2.46. The molecule has 0 radical (unpaired) electrons. The van der Waals surface area contributed by atoms with Gasteiger partial charge in [0.15, 0.2) is 0 Å². The average Bonchev–Trinajstić information content (AvgIpc) is 2.86. The molecule has 0 unspecified atom stereocenters. The highest BCUT2D eigenvalue weighted by molar-refractivity contribution is 5.81. The Hall–Kier alpha value is -1.06. The maximum atomic E-state index is 11.9. The Morgan fingerprint density at radius 2 is 1.38 bits per heavy atom. The Kier molecular flexibility index (Phi) is 11.6. The van der Waals surface area contributed by atoms with Crippen LogP contribution in [-0.4, -0.2) is 24.6 Å². The van der Waals surface area contributed by atoms with Gasteiger partial charge in [-0.25, -0.2) is 4.79 Å².